The summed E-state index contributed by atoms with van der Waals surface area (Å²) in [6, 6.07) is 6.95. The predicted octanol–water partition coefficient (Wildman–Crippen LogP) is -1.36. The van der Waals surface area contributed by atoms with E-state index < -0.39 is 0 Å². The molecule has 0 spiro atoms. The molecule has 11 heavy (non-hydrogen) atoms. The summed E-state index contributed by atoms with van der Waals surface area (Å²) in [5.41, 5.74) is 1.09. The van der Waals surface area contributed by atoms with E-state index in [4.69, 9.17) is 7.85 Å². The first kappa shape index (κ1) is 12.5. The first-order valence-electron chi connectivity index (χ1n) is 2.64. The van der Waals surface area contributed by atoms with Gasteiger partial charge in [0.1, 0.15) is 14.1 Å². The first-order valence-corrected chi connectivity index (χ1v) is 2.64. The number of hydrogen-bond donors (Lipinski definition) is 0. The molecular weight excluding hydrogens is 143 g/mol. The summed E-state index contributed by atoms with van der Waals surface area (Å²) in [6.45, 7) is 0. The molecular formula is C7H9BO3. The van der Waals surface area contributed by atoms with E-state index in [-0.39, 0.29) is 11.0 Å². The minimum atomic E-state index is 0. The van der Waals surface area contributed by atoms with Crippen molar-refractivity contribution < 1.29 is 15.7 Å². The quantitative estimate of drug-likeness (QED) is 0.361. The number of rotatable bonds is 1. The van der Waals surface area contributed by atoms with Gasteiger partial charge in [0.05, 0.1) is 0 Å². The van der Waals surface area contributed by atoms with Crippen LogP contribution in [0.1, 0.15) is 10.4 Å². The summed E-state index contributed by atoms with van der Waals surface area (Å²) in [4.78, 5) is 10.1. The highest BCUT2D eigenvalue weighted by atomic mass is 16.1. The molecule has 4 heteroatoms. The van der Waals surface area contributed by atoms with Crippen molar-refractivity contribution in [3.05, 3.63) is 29.8 Å². The molecule has 0 aliphatic carbocycles. The summed E-state index contributed by atoms with van der Waals surface area (Å²) in [5, 5.41) is 0. The third kappa shape index (κ3) is 2.97. The molecule has 1 aromatic carbocycles. The fraction of sp³-hybridized carbons (Fsp3) is 0. The number of hydrogen-bond acceptors (Lipinski definition) is 1. The Bertz CT molecular complexity index is 225. The van der Waals surface area contributed by atoms with Gasteiger partial charge in [0, 0.05) is 5.56 Å². The maximum absolute atomic E-state index is 10.1. The molecule has 0 unspecified atom stereocenters. The number of aldehydes is 1. The van der Waals surface area contributed by atoms with Crippen molar-refractivity contribution in [3.63, 3.8) is 0 Å². The summed E-state index contributed by atoms with van der Waals surface area (Å²) in [5.74, 6) is 0. The maximum atomic E-state index is 10.1. The molecule has 3 nitrogen and oxygen atoms in total. The Labute approximate surface area is 66.1 Å². The molecule has 0 aromatic heterocycles. The minimum Gasteiger partial charge on any atom is -0.412 e. The van der Waals surface area contributed by atoms with Crippen LogP contribution in [0.3, 0.4) is 0 Å². The van der Waals surface area contributed by atoms with Crippen molar-refractivity contribution in [1.82, 2.24) is 0 Å². The van der Waals surface area contributed by atoms with Crippen LogP contribution in [0.2, 0.25) is 0 Å². The van der Waals surface area contributed by atoms with Crippen molar-refractivity contribution in [2.75, 3.05) is 0 Å². The lowest BCUT2D eigenvalue weighted by Crippen LogP contribution is -2.07. The van der Waals surface area contributed by atoms with Gasteiger partial charge < -0.3 is 11.0 Å². The molecule has 1 aromatic rings. The van der Waals surface area contributed by atoms with E-state index in [1.54, 1.807) is 24.3 Å². The molecule has 2 radical (unpaired) electrons. The van der Waals surface area contributed by atoms with Gasteiger partial charge in [-0.1, -0.05) is 29.7 Å². The summed E-state index contributed by atoms with van der Waals surface area (Å²) < 4.78 is 0. The Hall–Kier alpha value is -1.13. The number of carbonyl (C=O) groups is 1. The lowest BCUT2D eigenvalue weighted by molar-refractivity contribution is 0.112. The van der Waals surface area contributed by atoms with Crippen molar-refractivity contribution >= 4 is 19.6 Å². The fourth-order valence-corrected chi connectivity index (χ4v) is 0.618. The third-order valence-corrected chi connectivity index (χ3v) is 1.12. The Morgan fingerprint density at radius 1 is 1.18 bits per heavy atom. The number of carbonyl (C=O) groups excluding carboxylic acids is 1. The van der Waals surface area contributed by atoms with Gasteiger partial charge in [-0.3, -0.25) is 4.79 Å². The largest absolute Gasteiger partial charge is 0.412 e. The van der Waals surface area contributed by atoms with Crippen LogP contribution >= 0.6 is 0 Å². The van der Waals surface area contributed by atoms with E-state index in [0.29, 0.717) is 11.0 Å². The van der Waals surface area contributed by atoms with E-state index in [9.17, 15) is 4.79 Å². The highest BCUT2D eigenvalue weighted by Crippen LogP contribution is 1.87. The molecule has 0 fully saturated rings. The van der Waals surface area contributed by atoms with Gasteiger partial charge in [-0.05, 0) is 0 Å². The second-order valence-corrected chi connectivity index (χ2v) is 1.75. The second kappa shape index (κ2) is 5.64. The molecule has 58 valence electrons. The van der Waals surface area contributed by atoms with Crippen molar-refractivity contribution in [3.8, 4) is 0 Å². The van der Waals surface area contributed by atoms with Crippen molar-refractivity contribution in [1.29, 1.82) is 0 Å². The minimum absolute atomic E-state index is 0. The zero-order valence-corrected chi connectivity index (χ0v) is 5.87. The van der Waals surface area contributed by atoms with E-state index >= 15 is 0 Å². The van der Waals surface area contributed by atoms with Gasteiger partial charge in [-0.25, -0.2) is 0 Å². The van der Waals surface area contributed by atoms with Gasteiger partial charge in [-0.2, -0.15) is 0 Å². The first-order chi connectivity index (χ1) is 4.34. The standard InChI is InChI=1S/C7H5BO.2H2O/c8-7-4-2-1-3-6(7)5-9;;/h1-5H;2*1H2. The zero-order valence-electron chi connectivity index (χ0n) is 5.87. The highest BCUT2D eigenvalue weighted by molar-refractivity contribution is 6.35. The molecule has 4 N–H and O–H groups in total. The topological polar surface area (TPSA) is 80.1 Å². The van der Waals surface area contributed by atoms with E-state index in [2.05, 4.69) is 0 Å². The van der Waals surface area contributed by atoms with Gasteiger partial charge in [0.2, 0.25) is 0 Å². The number of benzene rings is 1. The van der Waals surface area contributed by atoms with Gasteiger partial charge >= 0.3 is 0 Å². The fourth-order valence-electron chi connectivity index (χ4n) is 0.618. The molecule has 0 bridgehead atoms. The summed E-state index contributed by atoms with van der Waals surface area (Å²) in [7, 11) is 5.40. The lowest BCUT2D eigenvalue weighted by Gasteiger charge is -1.93. The van der Waals surface area contributed by atoms with Crippen LogP contribution < -0.4 is 5.46 Å². The molecule has 0 amide bonds. The SMILES string of the molecule is O.O.[B]c1ccccc1C=O. The maximum Gasteiger partial charge on any atom is 0.149 e. The van der Waals surface area contributed by atoms with Crippen molar-refractivity contribution in [2.24, 2.45) is 0 Å². The zero-order chi connectivity index (χ0) is 6.69. The van der Waals surface area contributed by atoms with Crippen LogP contribution in [0.15, 0.2) is 24.3 Å². The molecule has 0 aliphatic rings. The Morgan fingerprint density at radius 3 is 2.09 bits per heavy atom. The van der Waals surface area contributed by atoms with Gasteiger partial charge in [0.15, 0.2) is 0 Å². The van der Waals surface area contributed by atoms with Crippen LogP contribution in [0.25, 0.3) is 0 Å². The molecule has 1 rings (SSSR count). The summed E-state index contributed by atoms with van der Waals surface area (Å²) in [6.07, 6.45) is 0.745. The van der Waals surface area contributed by atoms with Crippen molar-refractivity contribution in [2.45, 2.75) is 0 Å². The smallest absolute Gasteiger partial charge is 0.149 e. The molecule has 0 saturated heterocycles. The highest BCUT2D eigenvalue weighted by Gasteiger charge is 1.89. The average Bonchev–Trinajstić information content (AvgIpc) is 1.89. The van der Waals surface area contributed by atoms with Crippen LogP contribution in [-0.4, -0.2) is 25.1 Å². The van der Waals surface area contributed by atoms with Crippen LogP contribution in [-0.2, 0) is 0 Å². The normalized spacial score (nSPS) is 7.27. The van der Waals surface area contributed by atoms with Gasteiger partial charge in [-0.15, -0.1) is 0 Å². The predicted molar refractivity (Wildman–Crippen MR) is 44.4 cm³/mol. The average molecular weight is 152 g/mol. The Balaban J connectivity index is 0. The van der Waals surface area contributed by atoms with E-state index in [0.717, 1.165) is 6.29 Å². The van der Waals surface area contributed by atoms with Crippen LogP contribution in [0.4, 0.5) is 0 Å². The lowest BCUT2D eigenvalue weighted by atomic mass is 9.91. The molecule has 0 saturated carbocycles. The monoisotopic (exact) mass is 152 g/mol. The molecule has 0 heterocycles. The molecule has 0 aliphatic heterocycles. The molecule has 0 atom stereocenters. The Morgan fingerprint density at radius 2 is 1.73 bits per heavy atom. The Kier molecular flexibility index (Phi) is 6.44. The van der Waals surface area contributed by atoms with E-state index in [1.165, 1.54) is 0 Å². The van der Waals surface area contributed by atoms with Gasteiger partial charge in [0.25, 0.3) is 0 Å². The van der Waals surface area contributed by atoms with Crippen LogP contribution in [0, 0.1) is 0 Å². The van der Waals surface area contributed by atoms with E-state index in [1.807, 2.05) is 0 Å². The van der Waals surface area contributed by atoms with Crippen LogP contribution in [0.5, 0.6) is 0 Å². The second-order valence-electron chi connectivity index (χ2n) is 1.75. The third-order valence-electron chi connectivity index (χ3n) is 1.12. The summed E-state index contributed by atoms with van der Waals surface area (Å²) >= 11 is 0.